The Bertz CT molecular complexity index is 355. The van der Waals surface area contributed by atoms with E-state index in [9.17, 15) is 4.79 Å². The average Bonchev–Trinajstić information content (AvgIpc) is 2.20. The van der Waals surface area contributed by atoms with Crippen molar-refractivity contribution in [3.8, 4) is 0 Å². The fourth-order valence-electron chi connectivity index (χ4n) is 1.09. The highest BCUT2D eigenvalue weighted by Crippen LogP contribution is 2.16. The van der Waals surface area contributed by atoms with Crippen LogP contribution in [0.1, 0.15) is 18.4 Å². The Morgan fingerprint density at radius 2 is 2.40 bits per heavy atom. The van der Waals surface area contributed by atoms with Crippen LogP contribution in [0.25, 0.3) is 0 Å². The van der Waals surface area contributed by atoms with Gasteiger partial charge in [0.2, 0.25) is 5.91 Å². The maximum absolute atomic E-state index is 11.3. The number of carbonyl (C=O) groups excluding carboxylic acids is 1. The summed E-state index contributed by atoms with van der Waals surface area (Å²) < 4.78 is 0.774. The summed E-state index contributed by atoms with van der Waals surface area (Å²) in [7, 11) is 0. The minimum atomic E-state index is -0.104. The van der Waals surface area contributed by atoms with Gasteiger partial charge in [-0.3, -0.25) is 4.79 Å². The minimum Gasteiger partial charge on any atom is -0.396 e. The van der Waals surface area contributed by atoms with Crippen molar-refractivity contribution in [2.24, 2.45) is 0 Å². The zero-order valence-electron chi connectivity index (χ0n) is 8.46. The number of hydrogen-bond donors (Lipinski definition) is 2. The molecule has 0 bridgehead atoms. The average molecular weight is 273 g/mol. The van der Waals surface area contributed by atoms with Crippen LogP contribution < -0.4 is 5.32 Å². The van der Waals surface area contributed by atoms with Gasteiger partial charge in [0, 0.05) is 13.0 Å². The van der Waals surface area contributed by atoms with Gasteiger partial charge in [-0.1, -0.05) is 0 Å². The molecule has 2 N–H and O–H groups in total. The van der Waals surface area contributed by atoms with E-state index in [1.54, 1.807) is 6.20 Å². The number of carbonyl (C=O) groups is 1. The predicted molar refractivity (Wildman–Crippen MR) is 61.6 cm³/mol. The second kappa shape index (κ2) is 5.82. The Balaban J connectivity index is 2.57. The first-order valence-electron chi connectivity index (χ1n) is 4.66. The minimum absolute atomic E-state index is 0.0328. The van der Waals surface area contributed by atoms with E-state index in [-0.39, 0.29) is 12.5 Å². The van der Waals surface area contributed by atoms with Crippen LogP contribution in [0.2, 0.25) is 0 Å². The van der Waals surface area contributed by atoms with Gasteiger partial charge in [0.25, 0.3) is 0 Å². The third-order valence-corrected chi connectivity index (χ3v) is 2.69. The Kier molecular flexibility index (Phi) is 4.71. The van der Waals surface area contributed by atoms with E-state index in [0.29, 0.717) is 18.5 Å². The molecule has 0 aliphatic rings. The SMILES string of the molecule is Cc1cc(NC(=O)CCCO)cnc1Br. The number of nitrogens with zero attached hydrogens (tertiary/aromatic N) is 1. The van der Waals surface area contributed by atoms with Gasteiger partial charge in [0.05, 0.1) is 11.9 Å². The molecule has 0 radical (unpaired) electrons. The van der Waals surface area contributed by atoms with Crippen LogP contribution in [0.15, 0.2) is 16.9 Å². The molecule has 15 heavy (non-hydrogen) atoms. The quantitative estimate of drug-likeness (QED) is 0.823. The fraction of sp³-hybridized carbons (Fsp3) is 0.400. The normalized spacial score (nSPS) is 10.1. The lowest BCUT2D eigenvalue weighted by Crippen LogP contribution is -2.12. The maximum atomic E-state index is 11.3. The van der Waals surface area contributed by atoms with Crippen LogP contribution >= 0.6 is 15.9 Å². The van der Waals surface area contributed by atoms with Crippen molar-refractivity contribution in [3.05, 3.63) is 22.4 Å². The molecule has 0 aromatic carbocycles. The van der Waals surface area contributed by atoms with Crippen molar-refractivity contribution in [2.75, 3.05) is 11.9 Å². The lowest BCUT2D eigenvalue weighted by molar-refractivity contribution is -0.116. The monoisotopic (exact) mass is 272 g/mol. The highest BCUT2D eigenvalue weighted by atomic mass is 79.9. The van der Waals surface area contributed by atoms with E-state index in [1.165, 1.54) is 0 Å². The topological polar surface area (TPSA) is 62.2 Å². The predicted octanol–water partition coefficient (Wildman–Crippen LogP) is 1.86. The Morgan fingerprint density at radius 1 is 1.67 bits per heavy atom. The molecule has 0 saturated heterocycles. The van der Waals surface area contributed by atoms with Gasteiger partial charge in [-0.2, -0.15) is 0 Å². The fourth-order valence-corrected chi connectivity index (χ4v) is 1.31. The van der Waals surface area contributed by atoms with E-state index in [1.807, 2.05) is 13.0 Å². The second-order valence-electron chi connectivity index (χ2n) is 3.21. The van der Waals surface area contributed by atoms with E-state index in [0.717, 1.165) is 10.2 Å². The molecule has 82 valence electrons. The van der Waals surface area contributed by atoms with Gasteiger partial charge < -0.3 is 10.4 Å². The molecular formula is C10H13BrN2O2. The number of pyridine rings is 1. The zero-order chi connectivity index (χ0) is 11.3. The van der Waals surface area contributed by atoms with Crippen LogP contribution in [0.3, 0.4) is 0 Å². The molecule has 0 unspecified atom stereocenters. The first kappa shape index (κ1) is 12.1. The summed E-state index contributed by atoms with van der Waals surface area (Å²) >= 11 is 3.28. The highest BCUT2D eigenvalue weighted by molar-refractivity contribution is 9.10. The van der Waals surface area contributed by atoms with Crippen LogP contribution in [0.4, 0.5) is 5.69 Å². The molecule has 0 aliphatic heterocycles. The molecule has 5 heteroatoms. The molecule has 1 rings (SSSR count). The van der Waals surface area contributed by atoms with Crippen LogP contribution in [0.5, 0.6) is 0 Å². The van der Waals surface area contributed by atoms with Gasteiger partial charge in [-0.25, -0.2) is 4.98 Å². The maximum Gasteiger partial charge on any atom is 0.224 e. The highest BCUT2D eigenvalue weighted by Gasteiger charge is 2.03. The largest absolute Gasteiger partial charge is 0.396 e. The summed E-state index contributed by atoms with van der Waals surface area (Å²) in [5.74, 6) is -0.104. The van der Waals surface area contributed by atoms with Crippen LogP contribution in [0, 0.1) is 6.92 Å². The number of amides is 1. The summed E-state index contributed by atoms with van der Waals surface area (Å²) in [4.78, 5) is 15.4. The van der Waals surface area contributed by atoms with Crippen molar-refractivity contribution >= 4 is 27.5 Å². The van der Waals surface area contributed by atoms with Gasteiger partial charge >= 0.3 is 0 Å². The van der Waals surface area contributed by atoms with E-state index in [4.69, 9.17) is 5.11 Å². The number of halogens is 1. The van der Waals surface area contributed by atoms with Crippen molar-refractivity contribution in [1.29, 1.82) is 0 Å². The molecule has 0 atom stereocenters. The molecule has 4 nitrogen and oxygen atoms in total. The number of aryl methyl sites for hydroxylation is 1. The van der Waals surface area contributed by atoms with Crippen molar-refractivity contribution in [3.63, 3.8) is 0 Å². The Morgan fingerprint density at radius 3 is 3.00 bits per heavy atom. The number of nitrogens with one attached hydrogen (secondary N) is 1. The van der Waals surface area contributed by atoms with Gasteiger partial charge in [-0.15, -0.1) is 0 Å². The molecule has 1 aromatic heterocycles. The first-order chi connectivity index (χ1) is 7.13. The molecular weight excluding hydrogens is 260 g/mol. The van der Waals surface area contributed by atoms with E-state index in [2.05, 4.69) is 26.2 Å². The van der Waals surface area contributed by atoms with Crippen molar-refractivity contribution in [1.82, 2.24) is 4.98 Å². The summed E-state index contributed by atoms with van der Waals surface area (Å²) in [6.45, 7) is 1.94. The first-order valence-corrected chi connectivity index (χ1v) is 5.45. The number of aliphatic hydroxyl groups is 1. The van der Waals surface area contributed by atoms with Crippen LogP contribution in [-0.2, 0) is 4.79 Å². The third kappa shape index (κ3) is 3.97. The Hall–Kier alpha value is -0.940. The summed E-state index contributed by atoms with van der Waals surface area (Å²) in [6.07, 6.45) is 2.40. The van der Waals surface area contributed by atoms with Gasteiger partial charge in [-0.05, 0) is 40.9 Å². The molecule has 0 spiro atoms. The molecule has 1 amide bonds. The van der Waals surface area contributed by atoms with E-state index >= 15 is 0 Å². The molecule has 1 heterocycles. The van der Waals surface area contributed by atoms with Crippen molar-refractivity contribution in [2.45, 2.75) is 19.8 Å². The van der Waals surface area contributed by atoms with Gasteiger partial charge in [0.1, 0.15) is 4.60 Å². The van der Waals surface area contributed by atoms with Crippen LogP contribution in [-0.4, -0.2) is 22.6 Å². The lowest BCUT2D eigenvalue weighted by Gasteiger charge is -2.05. The number of hydrogen-bond acceptors (Lipinski definition) is 3. The summed E-state index contributed by atoms with van der Waals surface area (Å²) in [6, 6.07) is 1.84. The van der Waals surface area contributed by atoms with Crippen molar-refractivity contribution < 1.29 is 9.90 Å². The van der Waals surface area contributed by atoms with Gasteiger partial charge in [0.15, 0.2) is 0 Å². The molecule has 0 saturated carbocycles. The van der Waals surface area contributed by atoms with E-state index < -0.39 is 0 Å². The molecule has 0 fully saturated rings. The number of rotatable bonds is 4. The molecule has 0 aliphatic carbocycles. The summed E-state index contributed by atoms with van der Waals surface area (Å²) in [5.41, 5.74) is 1.65. The number of aliphatic hydroxyl groups excluding tert-OH is 1. The smallest absolute Gasteiger partial charge is 0.224 e. The second-order valence-corrected chi connectivity index (χ2v) is 3.96. The Labute approximate surface area is 96.8 Å². The molecule has 1 aromatic rings. The third-order valence-electron chi connectivity index (χ3n) is 1.86. The number of aromatic nitrogens is 1. The number of anilines is 1. The summed E-state index contributed by atoms with van der Waals surface area (Å²) in [5, 5.41) is 11.3. The standard InChI is InChI=1S/C10H13BrN2O2/c1-7-5-8(6-12-10(7)11)13-9(15)3-2-4-14/h5-6,14H,2-4H2,1H3,(H,13,15). The lowest BCUT2D eigenvalue weighted by atomic mass is 10.2. The zero-order valence-corrected chi connectivity index (χ0v) is 10.0.